The van der Waals surface area contributed by atoms with Gasteiger partial charge >= 0.3 is 5.97 Å². The van der Waals surface area contributed by atoms with E-state index in [0.29, 0.717) is 12.2 Å². The number of nitrogens with zero attached hydrogens (tertiary/aromatic N) is 1. The second kappa shape index (κ2) is 11.7. The van der Waals surface area contributed by atoms with Crippen molar-refractivity contribution in [2.75, 3.05) is 20.2 Å². The predicted molar refractivity (Wildman–Crippen MR) is 97.1 cm³/mol. The molecule has 1 rings (SSSR count). The molecule has 0 saturated heterocycles. The van der Waals surface area contributed by atoms with Gasteiger partial charge in [-0.2, -0.15) is 0 Å². The van der Waals surface area contributed by atoms with Crippen molar-refractivity contribution in [3.05, 3.63) is 35.4 Å². The number of aryl methyl sites for hydroxylation is 1. The molecule has 0 spiro atoms. The molecule has 0 aliphatic carbocycles. The van der Waals surface area contributed by atoms with Gasteiger partial charge in [0.1, 0.15) is 6.54 Å². The maximum absolute atomic E-state index is 12.2. The summed E-state index contributed by atoms with van der Waals surface area (Å²) in [6.45, 7) is 4.61. The average Bonchev–Trinajstić information content (AvgIpc) is 2.57. The molecule has 1 amide bonds. The number of carbonyl (C=O) groups excluding carboxylic acids is 2. The fourth-order valence-electron chi connectivity index (χ4n) is 2.47. The van der Waals surface area contributed by atoms with Crippen LogP contribution in [0.15, 0.2) is 24.3 Å². The number of ether oxygens (including phenoxy) is 1. The summed E-state index contributed by atoms with van der Waals surface area (Å²) in [6.07, 6.45) is 8.30. The van der Waals surface area contributed by atoms with E-state index in [4.69, 9.17) is 4.74 Å². The van der Waals surface area contributed by atoms with E-state index in [9.17, 15) is 9.59 Å². The van der Waals surface area contributed by atoms with Crippen molar-refractivity contribution < 1.29 is 14.3 Å². The van der Waals surface area contributed by atoms with Crippen LogP contribution in [0.5, 0.6) is 0 Å². The number of hydrogen-bond acceptors (Lipinski definition) is 3. The van der Waals surface area contributed by atoms with Crippen LogP contribution in [0.1, 0.15) is 67.8 Å². The topological polar surface area (TPSA) is 46.6 Å². The molecule has 0 bridgehead atoms. The number of unbranched alkanes of at least 4 members (excludes halogenated alkanes) is 6. The number of amides is 1. The first-order chi connectivity index (χ1) is 11.5. The van der Waals surface area contributed by atoms with Crippen LogP contribution in [0.4, 0.5) is 0 Å². The molecule has 0 heterocycles. The molecule has 4 nitrogen and oxygen atoms in total. The molecule has 4 heteroatoms. The third-order valence-corrected chi connectivity index (χ3v) is 4.02. The van der Waals surface area contributed by atoms with Crippen LogP contribution in [-0.2, 0) is 9.53 Å². The molecule has 24 heavy (non-hydrogen) atoms. The molecular weight excluding hydrogens is 302 g/mol. The molecule has 0 saturated carbocycles. The summed E-state index contributed by atoms with van der Waals surface area (Å²) in [6, 6.07) is 7.33. The number of hydrogen-bond donors (Lipinski definition) is 0. The third kappa shape index (κ3) is 8.14. The number of esters is 1. The van der Waals surface area contributed by atoms with Crippen molar-refractivity contribution in [2.45, 2.75) is 58.8 Å². The van der Waals surface area contributed by atoms with Gasteiger partial charge in [-0.25, -0.2) is 0 Å². The molecule has 1 aromatic carbocycles. The Morgan fingerprint density at radius 3 is 2.17 bits per heavy atom. The third-order valence-electron chi connectivity index (χ3n) is 4.02. The number of likely N-dealkylation sites (N-methyl/N-ethyl adjacent to an activating group) is 1. The van der Waals surface area contributed by atoms with Crippen LogP contribution in [0, 0.1) is 6.92 Å². The van der Waals surface area contributed by atoms with Crippen molar-refractivity contribution in [2.24, 2.45) is 0 Å². The van der Waals surface area contributed by atoms with Crippen molar-refractivity contribution in [3.63, 3.8) is 0 Å². The monoisotopic (exact) mass is 333 g/mol. The highest BCUT2D eigenvalue weighted by molar-refractivity contribution is 5.95. The van der Waals surface area contributed by atoms with Gasteiger partial charge in [-0.3, -0.25) is 9.59 Å². The Balaban J connectivity index is 2.17. The Morgan fingerprint density at radius 1 is 0.958 bits per heavy atom. The first kappa shape index (κ1) is 20.2. The molecule has 0 unspecified atom stereocenters. The molecule has 0 atom stereocenters. The van der Waals surface area contributed by atoms with E-state index in [1.807, 2.05) is 19.1 Å². The summed E-state index contributed by atoms with van der Waals surface area (Å²) in [5.41, 5.74) is 1.69. The zero-order valence-electron chi connectivity index (χ0n) is 15.3. The number of rotatable bonds is 11. The summed E-state index contributed by atoms with van der Waals surface area (Å²) in [5, 5.41) is 0. The first-order valence-electron chi connectivity index (χ1n) is 9.02. The van der Waals surface area contributed by atoms with Crippen LogP contribution in [0.25, 0.3) is 0 Å². The van der Waals surface area contributed by atoms with Crippen molar-refractivity contribution in [1.29, 1.82) is 0 Å². The minimum atomic E-state index is -0.344. The van der Waals surface area contributed by atoms with Gasteiger partial charge in [0.25, 0.3) is 5.91 Å². The largest absolute Gasteiger partial charge is 0.464 e. The van der Waals surface area contributed by atoms with Gasteiger partial charge in [-0.1, -0.05) is 63.1 Å². The van der Waals surface area contributed by atoms with Gasteiger partial charge in [-0.05, 0) is 25.5 Å². The molecular formula is C20H31NO3. The molecule has 0 N–H and O–H groups in total. The van der Waals surface area contributed by atoms with Gasteiger partial charge in [0.15, 0.2) is 0 Å². The second-order valence-electron chi connectivity index (χ2n) is 6.37. The van der Waals surface area contributed by atoms with E-state index in [1.165, 1.54) is 37.0 Å². The Hall–Kier alpha value is -1.84. The minimum Gasteiger partial charge on any atom is -0.464 e. The average molecular weight is 333 g/mol. The zero-order chi connectivity index (χ0) is 17.8. The summed E-state index contributed by atoms with van der Waals surface area (Å²) in [7, 11) is 1.62. The fourth-order valence-corrected chi connectivity index (χ4v) is 2.47. The van der Waals surface area contributed by atoms with E-state index in [1.54, 1.807) is 19.2 Å². The summed E-state index contributed by atoms with van der Waals surface area (Å²) in [5.74, 6) is -0.508. The Morgan fingerprint density at radius 2 is 1.54 bits per heavy atom. The fraction of sp³-hybridized carbons (Fsp3) is 0.600. The van der Waals surface area contributed by atoms with Crippen LogP contribution >= 0.6 is 0 Å². The van der Waals surface area contributed by atoms with Gasteiger partial charge in [0.2, 0.25) is 0 Å². The lowest BCUT2D eigenvalue weighted by Gasteiger charge is -2.16. The molecule has 0 aliphatic heterocycles. The molecule has 0 radical (unpaired) electrons. The SMILES string of the molecule is CCCCCCCCCOC(=O)CN(C)C(=O)c1ccc(C)cc1. The van der Waals surface area contributed by atoms with Crippen LogP contribution in [0.2, 0.25) is 0 Å². The molecule has 0 aromatic heterocycles. The lowest BCUT2D eigenvalue weighted by Crippen LogP contribution is -2.33. The molecule has 0 fully saturated rings. The van der Waals surface area contributed by atoms with Crippen LogP contribution in [-0.4, -0.2) is 37.0 Å². The Labute approximate surface area is 146 Å². The highest BCUT2D eigenvalue weighted by Crippen LogP contribution is 2.08. The maximum Gasteiger partial charge on any atom is 0.325 e. The summed E-state index contributed by atoms with van der Waals surface area (Å²) in [4.78, 5) is 25.4. The highest BCUT2D eigenvalue weighted by Gasteiger charge is 2.15. The van der Waals surface area contributed by atoms with Gasteiger partial charge in [-0.15, -0.1) is 0 Å². The van der Waals surface area contributed by atoms with Gasteiger partial charge in [0.05, 0.1) is 6.61 Å². The summed E-state index contributed by atoms with van der Waals surface area (Å²) >= 11 is 0. The normalized spacial score (nSPS) is 10.5. The van der Waals surface area contributed by atoms with E-state index < -0.39 is 0 Å². The number of benzene rings is 1. The van der Waals surface area contributed by atoms with E-state index in [-0.39, 0.29) is 18.4 Å². The van der Waals surface area contributed by atoms with Gasteiger partial charge < -0.3 is 9.64 Å². The smallest absolute Gasteiger partial charge is 0.325 e. The maximum atomic E-state index is 12.2. The number of carbonyl (C=O) groups is 2. The summed E-state index contributed by atoms with van der Waals surface area (Å²) < 4.78 is 5.21. The van der Waals surface area contributed by atoms with Crippen molar-refractivity contribution >= 4 is 11.9 Å². The second-order valence-corrected chi connectivity index (χ2v) is 6.37. The molecule has 0 aliphatic rings. The lowest BCUT2D eigenvalue weighted by atomic mass is 10.1. The van der Waals surface area contributed by atoms with Crippen LogP contribution in [0.3, 0.4) is 0 Å². The Kier molecular flexibility index (Phi) is 9.81. The first-order valence-corrected chi connectivity index (χ1v) is 9.02. The Bertz CT molecular complexity index is 496. The lowest BCUT2D eigenvalue weighted by molar-refractivity contribution is -0.144. The van der Waals surface area contributed by atoms with Crippen LogP contribution < -0.4 is 0 Å². The molecule has 1 aromatic rings. The molecule has 134 valence electrons. The van der Waals surface area contributed by atoms with E-state index >= 15 is 0 Å². The quantitative estimate of drug-likeness (QED) is 0.446. The van der Waals surface area contributed by atoms with E-state index in [0.717, 1.165) is 18.4 Å². The van der Waals surface area contributed by atoms with E-state index in [2.05, 4.69) is 6.92 Å². The van der Waals surface area contributed by atoms with Gasteiger partial charge in [0, 0.05) is 12.6 Å². The minimum absolute atomic E-state index is 0.0107. The van der Waals surface area contributed by atoms with Crippen molar-refractivity contribution in [3.8, 4) is 0 Å². The zero-order valence-corrected chi connectivity index (χ0v) is 15.3. The van der Waals surface area contributed by atoms with Crippen molar-refractivity contribution in [1.82, 2.24) is 4.90 Å². The highest BCUT2D eigenvalue weighted by atomic mass is 16.5. The predicted octanol–water partition coefficient (Wildman–Crippen LogP) is 4.36. The standard InChI is InChI=1S/C20H31NO3/c1-4-5-6-7-8-9-10-15-24-19(22)16-21(3)20(23)18-13-11-17(2)12-14-18/h11-14H,4-10,15-16H2,1-3H3.